The quantitative estimate of drug-likeness (QED) is 0.909. The lowest BCUT2D eigenvalue weighted by atomic mass is 10.0. The van der Waals surface area contributed by atoms with E-state index in [0.29, 0.717) is 12.6 Å². The van der Waals surface area contributed by atoms with Gasteiger partial charge in [0.25, 0.3) is 5.91 Å². The van der Waals surface area contributed by atoms with Crippen LogP contribution in [-0.4, -0.2) is 27.7 Å². The van der Waals surface area contributed by atoms with Crippen molar-refractivity contribution in [2.45, 2.75) is 25.4 Å². The molecule has 1 atom stereocenters. The van der Waals surface area contributed by atoms with Crippen molar-refractivity contribution in [1.29, 1.82) is 0 Å². The Bertz CT molecular complexity index is 688. The summed E-state index contributed by atoms with van der Waals surface area (Å²) in [4.78, 5) is 16.7. The molecular formula is C16H18BrN3O2. The van der Waals surface area contributed by atoms with E-state index in [1.54, 1.807) is 6.20 Å². The third kappa shape index (κ3) is 2.80. The van der Waals surface area contributed by atoms with Crippen LogP contribution in [0.2, 0.25) is 0 Å². The average Bonchev–Trinajstić information content (AvgIpc) is 3.09. The molecule has 1 fully saturated rings. The van der Waals surface area contributed by atoms with E-state index in [2.05, 4.69) is 26.2 Å². The number of hydrogen-bond donors (Lipinski definition) is 1. The highest BCUT2D eigenvalue weighted by Gasteiger charge is 2.38. The molecule has 0 saturated carbocycles. The van der Waals surface area contributed by atoms with E-state index in [-0.39, 0.29) is 5.91 Å². The lowest BCUT2D eigenvalue weighted by Gasteiger charge is -2.21. The van der Waals surface area contributed by atoms with Gasteiger partial charge in [0.1, 0.15) is 5.60 Å². The first kappa shape index (κ1) is 15.2. The highest BCUT2D eigenvalue weighted by molar-refractivity contribution is 9.10. The number of nitrogens with zero attached hydrogens (tertiary/aromatic N) is 2. The molecule has 0 bridgehead atoms. The first-order valence-electron chi connectivity index (χ1n) is 7.23. The molecule has 116 valence electrons. The van der Waals surface area contributed by atoms with Crippen LogP contribution in [0.3, 0.4) is 0 Å². The average molecular weight is 364 g/mol. The number of hydrogen-bond acceptors (Lipinski definition) is 3. The first-order chi connectivity index (χ1) is 10.5. The highest BCUT2D eigenvalue weighted by atomic mass is 79.9. The van der Waals surface area contributed by atoms with Crippen LogP contribution in [0.4, 0.5) is 5.95 Å². The van der Waals surface area contributed by atoms with Crippen LogP contribution in [0.1, 0.15) is 19.8 Å². The van der Waals surface area contributed by atoms with Crippen LogP contribution >= 0.6 is 15.9 Å². The second-order valence-corrected chi connectivity index (χ2v) is 6.59. The molecule has 1 aromatic heterocycles. The molecule has 1 saturated heterocycles. The molecule has 0 aliphatic carbocycles. The third-order valence-electron chi connectivity index (χ3n) is 4.05. The van der Waals surface area contributed by atoms with Crippen molar-refractivity contribution < 1.29 is 9.53 Å². The minimum Gasteiger partial charge on any atom is -0.365 e. The molecule has 22 heavy (non-hydrogen) atoms. The number of aromatic nitrogens is 2. The molecular weight excluding hydrogens is 346 g/mol. The molecule has 1 aromatic carbocycles. The zero-order valence-electron chi connectivity index (χ0n) is 12.6. The van der Waals surface area contributed by atoms with E-state index in [1.807, 2.05) is 42.8 Å². The minimum absolute atomic E-state index is 0.138. The van der Waals surface area contributed by atoms with Gasteiger partial charge in [0, 0.05) is 18.1 Å². The summed E-state index contributed by atoms with van der Waals surface area (Å²) in [7, 11) is 1.89. The number of anilines is 1. The van der Waals surface area contributed by atoms with Crippen molar-refractivity contribution in [1.82, 2.24) is 9.55 Å². The summed E-state index contributed by atoms with van der Waals surface area (Å²) in [5.74, 6) is 0.390. The summed E-state index contributed by atoms with van der Waals surface area (Å²) in [6.07, 6.45) is 3.41. The zero-order valence-corrected chi connectivity index (χ0v) is 14.2. The predicted molar refractivity (Wildman–Crippen MR) is 88.6 cm³/mol. The van der Waals surface area contributed by atoms with Gasteiger partial charge in [0.15, 0.2) is 0 Å². The molecule has 2 heterocycles. The normalized spacial score (nSPS) is 21.0. The Balaban J connectivity index is 1.81. The number of rotatable bonds is 3. The summed E-state index contributed by atoms with van der Waals surface area (Å²) in [6, 6.07) is 7.98. The minimum atomic E-state index is -0.746. The molecule has 1 unspecified atom stereocenters. The third-order valence-corrected chi connectivity index (χ3v) is 4.58. The molecule has 6 heteroatoms. The van der Waals surface area contributed by atoms with Gasteiger partial charge in [-0.1, -0.05) is 28.1 Å². The maximum atomic E-state index is 12.4. The Labute approximate surface area is 137 Å². The van der Waals surface area contributed by atoms with Crippen molar-refractivity contribution in [3.8, 4) is 11.3 Å². The summed E-state index contributed by atoms with van der Waals surface area (Å²) in [6.45, 7) is 2.46. The molecule has 1 amide bonds. The van der Waals surface area contributed by atoms with E-state index >= 15 is 0 Å². The monoisotopic (exact) mass is 363 g/mol. The van der Waals surface area contributed by atoms with Gasteiger partial charge >= 0.3 is 0 Å². The van der Waals surface area contributed by atoms with Crippen LogP contribution in [0.25, 0.3) is 11.3 Å². The fourth-order valence-electron chi connectivity index (χ4n) is 2.61. The molecule has 1 aliphatic rings. The second kappa shape index (κ2) is 5.85. The van der Waals surface area contributed by atoms with E-state index in [4.69, 9.17) is 4.74 Å². The van der Waals surface area contributed by atoms with Crippen LogP contribution < -0.4 is 5.32 Å². The van der Waals surface area contributed by atoms with Crippen molar-refractivity contribution in [3.05, 3.63) is 34.9 Å². The first-order valence-corrected chi connectivity index (χ1v) is 8.02. The maximum Gasteiger partial charge on any atom is 0.258 e. The van der Waals surface area contributed by atoms with E-state index in [1.165, 1.54) is 0 Å². The van der Waals surface area contributed by atoms with Gasteiger partial charge in [-0.15, -0.1) is 0 Å². The topological polar surface area (TPSA) is 56.2 Å². The lowest BCUT2D eigenvalue weighted by Crippen LogP contribution is -2.39. The molecule has 5 nitrogen and oxygen atoms in total. The molecule has 0 spiro atoms. The molecule has 0 radical (unpaired) electrons. The number of nitrogens with one attached hydrogen (secondary N) is 1. The van der Waals surface area contributed by atoms with Gasteiger partial charge in [-0.3, -0.25) is 10.1 Å². The van der Waals surface area contributed by atoms with Gasteiger partial charge in [-0.2, -0.15) is 0 Å². The summed E-state index contributed by atoms with van der Waals surface area (Å²) < 4.78 is 8.47. The Morgan fingerprint density at radius 3 is 2.77 bits per heavy atom. The van der Waals surface area contributed by atoms with Crippen LogP contribution in [0.15, 0.2) is 34.9 Å². The van der Waals surface area contributed by atoms with Crippen LogP contribution in [0, 0.1) is 0 Å². The number of carbonyl (C=O) groups is 1. The zero-order chi connectivity index (χ0) is 15.7. The highest BCUT2D eigenvalue weighted by Crippen LogP contribution is 2.28. The molecule has 1 N–H and O–H groups in total. The standard InChI is InChI=1S/C16H18BrN3O2/c1-16(8-3-9-22-16)14(21)19-15-18-10-13(20(15)2)11-4-6-12(17)7-5-11/h4-7,10H,3,8-9H2,1-2H3,(H,18,19,21). The smallest absolute Gasteiger partial charge is 0.258 e. The predicted octanol–water partition coefficient (Wildman–Crippen LogP) is 3.36. The second-order valence-electron chi connectivity index (χ2n) is 5.67. The number of halogens is 1. The van der Waals surface area contributed by atoms with Gasteiger partial charge in [0.05, 0.1) is 11.9 Å². The van der Waals surface area contributed by atoms with Crippen molar-refractivity contribution in [2.24, 2.45) is 7.05 Å². The van der Waals surface area contributed by atoms with Crippen LogP contribution in [0.5, 0.6) is 0 Å². The summed E-state index contributed by atoms with van der Waals surface area (Å²) in [5.41, 5.74) is 1.24. The number of carbonyl (C=O) groups excluding carboxylic acids is 1. The Kier molecular flexibility index (Phi) is 4.06. The lowest BCUT2D eigenvalue weighted by molar-refractivity contribution is -0.133. The maximum absolute atomic E-state index is 12.4. The van der Waals surface area contributed by atoms with Gasteiger partial charge in [-0.25, -0.2) is 4.98 Å². The van der Waals surface area contributed by atoms with E-state index in [0.717, 1.165) is 28.6 Å². The Morgan fingerprint density at radius 2 is 2.14 bits per heavy atom. The van der Waals surface area contributed by atoms with E-state index < -0.39 is 5.60 Å². The van der Waals surface area contributed by atoms with Gasteiger partial charge in [0.2, 0.25) is 5.95 Å². The SMILES string of the molecule is Cn1c(-c2ccc(Br)cc2)cnc1NC(=O)C1(C)CCCO1. The number of ether oxygens (including phenoxy) is 1. The fraction of sp³-hybridized carbons (Fsp3) is 0.375. The van der Waals surface area contributed by atoms with Crippen LogP contribution in [-0.2, 0) is 16.6 Å². The number of amides is 1. The van der Waals surface area contributed by atoms with Crippen molar-refractivity contribution in [2.75, 3.05) is 11.9 Å². The molecule has 2 aromatic rings. The fourth-order valence-corrected chi connectivity index (χ4v) is 2.87. The van der Waals surface area contributed by atoms with Gasteiger partial charge < -0.3 is 9.30 Å². The Hall–Kier alpha value is -1.66. The van der Waals surface area contributed by atoms with Crippen molar-refractivity contribution >= 4 is 27.8 Å². The van der Waals surface area contributed by atoms with Crippen molar-refractivity contribution in [3.63, 3.8) is 0 Å². The molecule has 1 aliphatic heterocycles. The van der Waals surface area contributed by atoms with E-state index in [9.17, 15) is 4.79 Å². The summed E-state index contributed by atoms with van der Waals surface area (Å²) in [5, 5.41) is 2.87. The number of imidazole rings is 1. The van der Waals surface area contributed by atoms with Gasteiger partial charge in [-0.05, 0) is 37.5 Å². The number of benzene rings is 1. The Morgan fingerprint density at radius 1 is 1.41 bits per heavy atom. The molecule has 3 rings (SSSR count). The summed E-state index contributed by atoms with van der Waals surface area (Å²) >= 11 is 3.42. The largest absolute Gasteiger partial charge is 0.365 e.